The highest BCUT2D eigenvalue weighted by atomic mass is 32.2. The van der Waals surface area contributed by atoms with Crippen molar-refractivity contribution >= 4 is 26.4 Å². The zero-order valence-corrected chi connectivity index (χ0v) is 17.4. The predicted molar refractivity (Wildman–Crippen MR) is 112 cm³/mol. The molecule has 1 aliphatic heterocycles. The van der Waals surface area contributed by atoms with Crippen LogP contribution in [0.2, 0.25) is 0 Å². The van der Waals surface area contributed by atoms with E-state index in [2.05, 4.69) is 10.4 Å². The van der Waals surface area contributed by atoms with E-state index in [1.807, 2.05) is 0 Å². The number of anilines is 1. The molecule has 1 saturated heterocycles. The molecular formula is C20H23F3N4O3S. The molecular weight excluding hydrogens is 433 g/mol. The lowest BCUT2D eigenvalue weighted by Gasteiger charge is -2.24. The quantitative estimate of drug-likeness (QED) is 0.570. The van der Waals surface area contributed by atoms with Crippen LogP contribution >= 0.6 is 0 Å². The third-order valence-corrected chi connectivity index (χ3v) is 7.23. The molecule has 4 rings (SSSR count). The SMILES string of the molecule is O=S1(=O)CCC(Nc2cccc3c2cc(-c2cnn(CCO)c2)n3C(F)C(F)F)CC1. The summed E-state index contributed by atoms with van der Waals surface area (Å²) >= 11 is 0. The van der Waals surface area contributed by atoms with Gasteiger partial charge in [-0.25, -0.2) is 21.6 Å². The number of hydrogen-bond acceptors (Lipinski definition) is 5. The summed E-state index contributed by atoms with van der Waals surface area (Å²) in [5.74, 6) is 0.184. The molecule has 1 aliphatic rings. The molecule has 0 radical (unpaired) electrons. The van der Waals surface area contributed by atoms with Crippen molar-refractivity contribution in [3.05, 3.63) is 36.7 Å². The first-order chi connectivity index (χ1) is 14.8. The highest BCUT2D eigenvalue weighted by molar-refractivity contribution is 7.91. The number of rotatable bonds is 7. The lowest BCUT2D eigenvalue weighted by atomic mass is 10.1. The summed E-state index contributed by atoms with van der Waals surface area (Å²) in [6.07, 6.45) is -1.87. The molecule has 1 unspecified atom stereocenters. The standard InChI is InChI=1S/C20H23F3N4O3S/c21-19(22)20(23)27-17-3-1-2-16(25-14-4-8-31(29,30)9-5-14)15(17)10-18(27)13-11-24-26(12-13)6-7-28/h1-3,10-12,14,19-20,25,28H,4-9H2. The largest absolute Gasteiger partial charge is 0.394 e. The molecule has 0 aliphatic carbocycles. The van der Waals surface area contributed by atoms with Gasteiger partial charge in [0.15, 0.2) is 0 Å². The van der Waals surface area contributed by atoms with Gasteiger partial charge in [0.25, 0.3) is 6.43 Å². The maximum absolute atomic E-state index is 14.7. The Kier molecular flexibility index (Phi) is 5.98. The van der Waals surface area contributed by atoms with Gasteiger partial charge in [0.2, 0.25) is 6.30 Å². The van der Waals surface area contributed by atoms with Gasteiger partial charge in [-0.3, -0.25) is 4.68 Å². The minimum atomic E-state index is -3.22. The molecule has 1 fully saturated rings. The predicted octanol–water partition coefficient (Wildman–Crippen LogP) is 3.22. The highest BCUT2D eigenvalue weighted by Gasteiger charge is 2.28. The van der Waals surface area contributed by atoms with Gasteiger partial charge in [0, 0.05) is 28.9 Å². The van der Waals surface area contributed by atoms with Gasteiger partial charge in [0.1, 0.15) is 9.84 Å². The van der Waals surface area contributed by atoms with Crippen molar-refractivity contribution in [2.24, 2.45) is 0 Å². The van der Waals surface area contributed by atoms with E-state index in [-0.39, 0.29) is 36.4 Å². The third-order valence-electron chi connectivity index (χ3n) is 5.51. The fraction of sp³-hybridized carbons (Fsp3) is 0.450. The van der Waals surface area contributed by atoms with Gasteiger partial charge in [-0.2, -0.15) is 5.10 Å². The Morgan fingerprint density at radius 3 is 2.65 bits per heavy atom. The summed E-state index contributed by atoms with van der Waals surface area (Å²) in [7, 11) is -3.02. The van der Waals surface area contributed by atoms with Gasteiger partial charge in [-0.05, 0) is 31.0 Å². The first-order valence-electron chi connectivity index (χ1n) is 9.96. The van der Waals surface area contributed by atoms with Gasteiger partial charge in [0.05, 0.1) is 42.1 Å². The summed E-state index contributed by atoms with van der Waals surface area (Å²) in [5.41, 5.74) is 1.62. The summed E-state index contributed by atoms with van der Waals surface area (Å²) in [5, 5.41) is 17.0. The Balaban J connectivity index is 1.76. The van der Waals surface area contributed by atoms with Crippen molar-refractivity contribution in [3.8, 4) is 11.3 Å². The second-order valence-corrected chi connectivity index (χ2v) is 9.93. The van der Waals surface area contributed by atoms with Crippen LogP contribution in [0, 0.1) is 0 Å². The first-order valence-corrected chi connectivity index (χ1v) is 11.8. The number of aliphatic hydroxyl groups excluding tert-OH is 1. The van der Waals surface area contributed by atoms with Gasteiger partial charge >= 0.3 is 0 Å². The molecule has 1 atom stereocenters. The monoisotopic (exact) mass is 456 g/mol. The van der Waals surface area contributed by atoms with Crippen LogP contribution in [0.5, 0.6) is 0 Å². The van der Waals surface area contributed by atoms with Crippen LogP contribution in [0.25, 0.3) is 22.2 Å². The molecule has 2 aromatic heterocycles. The Morgan fingerprint density at radius 2 is 1.97 bits per heavy atom. The molecule has 11 heteroatoms. The van der Waals surface area contributed by atoms with Crippen molar-refractivity contribution in [2.75, 3.05) is 23.4 Å². The Morgan fingerprint density at radius 1 is 1.23 bits per heavy atom. The van der Waals surface area contributed by atoms with Crippen LogP contribution in [0.3, 0.4) is 0 Å². The number of alkyl halides is 3. The van der Waals surface area contributed by atoms with Crippen molar-refractivity contribution in [3.63, 3.8) is 0 Å². The average molecular weight is 456 g/mol. The lowest BCUT2D eigenvalue weighted by Crippen LogP contribution is -2.32. The topological polar surface area (TPSA) is 89.2 Å². The molecule has 7 nitrogen and oxygen atoms in total. The van der Waals surface area contributed by atoms with Crippen molar-refractivity contribution in [1.82, 2.24) is 14.3 Å². The molecule has 0 spiro atoms. The summed E-state index contributed by atoms with van der Waals surface area (Å²) in [4.78, 5) is 0. The number of benzene rings is 1. The van der Waals surface area contributed by atoms with E-state index in [1.165, 1.54) is 10.9 Å². The summed E-state index contributed by atoms with van der Waals surface area (Å²) < 4.78 is 67.2. The number of nitrogens with one attached hydrogen (secondary N) is 1. The van der Waals surface area contributed by atoms with Crippen LogP contribution in [0.15, 0.2) is 36.7 Å². The summed E-state index contributed by atoms with van der Waals surface area (Å²) in [6, 6.07) is 6.54. The molecule has 2 N–H and O–H groups in total. The molecule has 3 aromatic rings. The number of hydrogen-bond donors (Lipinski definition) is 2. The molecule has 31 heavy (non-hydrogen) atoms. The number of fused-ring (bicyclic) bond motifs is 1. The van der Waals surface area contributed by atoms with Crippen LogP contribution < -0.4 is 5.32 Å². The molecule has 168 valence electrons. The van der Waals surface area contributed by atoms with Crippen molar-refractivity contribution in [1.29, 1.82) is 0 Å². The fourth-order valence-corrected chi connectivity index (χ4v) is 5.44. The minimum Gasteiger partial charge on any atom is -0.394 e. The zero-order valence-electron chi connectivity index (χ0n) is 16.6. The highest BCUT2D eigenvalue weighted by Crippen LogP contribution is 2.37. The maximum atomic E-state index is 14.7. The molecule has 3 heterocycles. The van der Waals surface area contributed by atoms with E-state index in [9.17, 15) is 21.6 Å². The molecule has 0 saturated carbocycles. The molecule has 0 bridgehead atoms. The number of halogens is 3. The zero-order chi connectivity index (χ0) is 22.2. The Bertz CT molecular complexity index is 1160. The van der Waals surface area contributed by atoms with E-state index in [0.29, 0.717) is 35.0 Å². The normalized spacial score (nSPS) is 18.0. The van der Waals surface area contributed by atoms with Crippen molar-refractivity contribution in [2.45, 2.75) is 38.1 Å². The first kappa shape index (κ1) is 21.7. The maximum Gasteiger partial charge on any atom is 0.288 e. The second-order valence-electron chi connectivity index (χ2n) is 7.63. The number of sulfone groups is 1. The van der Waals surface area contributed by atoms with E-state index >= 15 is 0 Å². The number of aromatic nitrogens is 3. The Labute approximate surface area is 177 Å². The van der Waals surface area contributed by atoms with E-state index in [0.717, 1.165) is 4.57 Å². The van der Waals surface area contributed by atoms with Crippen LogP contribution in [0.1, 0.15) is 19.1 Å². The average Bonchev–Trinajstić information content (AvgIpc) is 3.34. The van der Waals surface area contributed by atoms with Crippen LogP contribution in [-0.4, -0.2) is 58.5 Å². The van der Waals surface area contributed by atoms with Crippen LogP contribution in [0.4, 0.5) is 18.9 Å². The van der Waals surface area contributed by atoms with E-state index in [4.69, 9.17) is 5.11 Å². The van der Waals surface area contributed by atoms with E-state index < -0.39 is 22.6 Å². The Hall–Kier alpha value is -2.53. The number of nitrogens with zero attached hydrogens (tertiary/aromatic N) is 3. The van der Waals surface area contributed by atoms with Gasteiger partial charge < -0.3 is 15.0 Å². The van der Waals surface area contributed by atoms with Crippen molar-refractivity contribution < 1.29 is 26.7 Å². The molecule has 1 aromatic carbocycles. The van der Waals surface area contributed by atoms with E-state index in [1.54, 1.807) is 30.5 Å². The minimum absolute atomic E-state index is 0.0792. The third kappa shape index (κ3) is 4.42. The second kappa shape index (κ2) is 8.54. The van der Waals surface area contributed by atoms with Gasteiger partial charge in [-0.1, -0.05) is 6.07 Å². The van der Waals surface area contributed by atoms with Gasteiger partial charge in [-0.15, -0.1) is 0 Å². The fourth-order valence-electron chi connectivity index (χ4n) is 3.95. The molecule has 0 amide bonds. The summed E-state index contributed by atoms with van der Waals surface area (Å²) in [6.45, 7) is 0.0869. The smallest absolute Gasteiger partial charge is 0.288 e. The number of aliphatic hydroxyl groups is 1. The van der Waals surface area contributed by atoms with Crippen LogP contribution in [-0.2, 0) is 16.4 Å². The lowest BCUT2D eigenvalue weighted by molar-refractivity contribution is 0.0115.